The smallest absolute Gasteiger partial charge is 0.308 e. The highest BCUT2D eigenvalue weighted by Crippen LogP contribution is 2.23. The van der Waals surface area contributed by atoms with Crippen LogP contribution in [0.25, 0.3) is 16.9 Å². The molecule has 6 heteroatoms. The zero-order chi connectivity index (χ0) is 18.8. The van der Waals surface area contributed by atoms with Gasteiger partial charge in [0.05, 0.1) is 16.4 Å². The number of carbonyl (C=O) groups is 1. The van der Waals surface area contributed by atoms with Crippen molar-refractivity contribution in [3.63, 3.8) is 0 Å². The van der Waals surface area contributed by atoms with Crippen molar-refractivity contribution < 1.29 is 4.79 Å². The molecule has 0 unspecified atom stereocenters. The number of urea groups is 1. The van der Waals surface area contributed by atoms with Gasteiger partial charge in [-0.1, -0.05) is 41.9 Å². The quantitative estimate of drug-likeness (QED) is 0.488. The fourth-order valence-corrected chi connectivity index (χ4v) is 3.05. The van der Waals surface area contributed by atoms with E-state index >= 15 is 0 Å². The number of carbonyl (C=O) groups excluding carboxylic acids is 1. The van der Waals surface area contributed by atoms with Crippen LogP contribution in [0.3, 0.4) is 0 Å². The maximum Gasteiger partial charge on any atom is 0.323 e. The zero-order valence-corrected chi connectivity index (χ0v) is 15.4. The van der Waals surface area contributed by atoms with Crippen LogP contribution in [0.1, 0.15) is 5.56 Å². The van der Waals surface area contributed by atoms with Crippen LogP contribution in [0, 0.1) is 6.92 Å². The van der Waals surface area contributed by atoms with Crippen LogP contribution >= 0.6 is 11.6 Å². The highest BCUT2D eigenvalue weighted by atomic mass is 35.5. The SMILES string of the molecule is Cc1cccn2cc(-c3ccc(NC(=O)Nc4ccccc4Cl)cc3)nc12. The molecule has 2 heterocycles. The molecule has 2 aromatic heterocycles. The summed E-state index contributed by atoms with van der Waals surface area (Å²) >= 11 is 6.05. The number of anilines is 2. The van der Waals surface area contributed by atoms with Crippen molar-refractivity contribution in [2.75, 3.05) is 10.6 Å². The number of hydrogen-bond donors (Lipinski definition) is 2. The van der Waals surface area contributed by atoms with Gasteiger partial charge in [-0.05, 0) is 42.8 Å². The standard InChI is InChI=1S/C21H17ClN4O/c1-14-5-4-12-26-13-19(24-20(14)26)15-8-10-16(11-9-15)23-21(27)25-18-7-3-2-6-17(18)22/h2-13H,1H3,(H2,23,25,27). The summed E-state index contributed by atoms with van der Waals surface area (Å²) in [5.74, 6) is 0. The van der Waals surface area contributed by atoms with Gasteiger partial charge >= 0.3 is 6.03 Å². The molecule has 0 aliphatic rings. The highest BCUT2D eigenvalue weighted by molar-refractivity contribution is 6.33. The van der Waals surface area contributed by atoms with E-state index in [9.17, 15) is 4.79 Å². The third-order valence-electron chi connectivity index (χ3n) is 4.24. The van der Waals surface area contributed by atoms with Gasteiger partial charge in [-0.25, -0.2) is 9.78 Å². The van der Waals surface area contributed by atoms with Gasteiger partial charge < -0.3 is 15.0 Å². The molecule has 4 aromatic rings. The Morgan fingerprint density at radius 3 is 2.52 bits per heavy atom. The molecule has 2 N–H and O–H groups in total. The number of amides is 2. The van der Waals surface area contributed by atoms with Crippen LogP contribution in [0.2, 0.25) is 5.02 Å². The van der Waals surface area contributed by atoms with Crippen molar-refractivity contribution in [1.29, 1.82) is 0 Å². The molecule has 0 radical (unpaired) electrons. The monoisotopic (exact) mass is 376 g/mol. The van der Waals surface area contributed by atoms with E-state index in [4.69, 9.17) is 11.6 Å². The van der Waals surface area contributed by atoms with Gasteiger partial charge in [-0.3, -0.25) is 0 Å². The second kappa shape index (κ2) is 7.13. The molecular weight excluding hydrogens is 360 g/mol. The molecule has 134 valence electrons. The maximum absolute atomic E-state index is 12.1. The van der Waals surface area contributed by atoms with Crippen LogP contribution in [0.4, 0.5) is 16.2 Å². The summed E-state index contributed by atoms with van der Waals surface area (Å²) in [5.41, 5.74) is 5.18. The molecule has 0 aliphatic heterocycles. The second-order valence-electron chi connectivity index (χ2n) is 6.18. The second-order valence-corrected chi connectivity index (χ2v) is 6.59. The summed E-state index contributed by atoms with van der Waals surface area (Å²) in [5, 5.41) is 6.02. The summed E-state index contributed by atoms with van der Waals surface area (Å²) in [7, 11) is 0. The molecule has 0 saturated carbocycles. The van der Waals surface area contributed by atoms with Gasteiger partial charge in [0.25, 0.3) is 0 Å². The molecule has 0 fully saturated rings. The summed E-state index contributed by atoms with van der Waals surface area (Å²) in [6.07, 6.45) is 3.97. The van der Waals surface area contributed by atoms with Crippen molar-refractivity contribution in [1.82, 2.24) is 9.38 Å². The number of imidazole rings is 1. The lowest BCUT2D eigenvalue weighted by Crippen LogP contribution is -2.19. The number of benzene rings is 2. The summed E-state index contributed by atoms with van der Waals surface area (Å²) in [4.78, 5) is 16.8. The van der Waals surface area contributed by atoms with Crippen molar-refractivity contribution >= 4 is 34.7 Å². The molecule has 0 saturated heterocycles. The predicted molar refractivity (Wildman–Crippen MR) is 109 cm³/mol. The van der Waals surface area contributed by atoms with E-state index in [1.165, 1.54) is 0 Å². The van der Waals surface area contributed by atoms with Crippen LogP contribution in [-0.2, 0) is 0 Å². The van der Waals surface area contributed by atoms with Gasteiger partial charge in [0.15, 0.2) is 0 Å². The number of para-hydroxylation sites is 1. The molecule has 0 atom stereocenters. The summed E-state index contributed by atoms with van der Waals surface area (Å²) in [6, 6.07) is 18.3. The summed E-state index contributed by atoms with van der Waals surface area (Å²) in [6.45, 7) is 2.04. The first-order valence-electron chi connectivity index (χ1n) is 8.47. The Morgan fingerprint density at radius 1 is 1.00 bits per heavy atom. The number of rotatable bonds is 3. The highest BCUT2D eigenvalue weighted by Gasteiger charge is 2.08. The van der Waals surface area contributed by atoms with Crippen molar-refractivity contribution in [3.05, 3.63) is 83.6 Å². The van der Waals surface area contributed by atoms with Crippen molar-refractivity contribution in [2.24, 2.45) is 0 Å². The minimum Gasteiger partial charge on any atom is -0.308 e. The van der Waals surface area contributed by atoms with Gasteiger partial charge in [-0.15, -0.1) is 0 Å². The zero-order valence-electron chi connectivity index (χ0n) is 14.6. The van der Waals surface area contributed by atoms with Crippen LogP contribution in [0.5, 0.6) is 0 Å². The van der Waals surface area contributed by atoms with Crippen LogP contribution < -0.4 is 10.6 Å². The van der Waals surface area contributed by atoms with E-state index in [0.29, 0.717) is 16.4 Å². The Labute approximate surface area is 161 Å². The third-order valence-corrected chi connectivity index (χ3v) is 4.57. The molecular formula is C21H17ClN4O. The lowest BCUT2D eigenvalue weighted by molar-refractivity contribution is 0.262. The van der Waals surface area contributed by atoms with Gasteiger partial charge in [0.2, 0.25) is 0 Å². The van der Waals surface area contributed by atoms with Crippen molar-refractivity contribution in [2.45, 2.75) is 6.92 Å². The molecule has 5 nitrogen and oxygen atoms in total. The number of fused-ring (bicyclic) bond motifs is 1. The van der Waals surface area contributed by atoms with Gasteiger partial charge in [0, 0.05) is 23.6 Å². The molecule has 2 aromatic carbocycles. The third kappa shape index (κ3) is 3.64. The van der Waals surface area contributed by atoms with Crippen LogP contribution in [-0.4, -0.2) is 15.4 Å². The fourth-order valence-electron chi connectivity index (χ4n) is 2.86. The number of aromatic nitrogens is 2. The Kier molecular flexibility index (Phi) is 4.52. The topological polar surface area (TPSA) is 58.4 Å². The van der Waals surface area contributed by atoms with Crippen molar-refractivity contribution in [3.8, 4) is 11.3 Å². The molecule has 0 bridgehead atoms. The average molecular weight is 377 g/mol. The Hall–Kier alpha value is -3.31. The van der Waals surface area contributed by atoms with E-state index < -0.39 is 0 Å². The lowest BCUT2D eigenvalue weighted by atomic mass is 10.1. The first kappa shape index (κ1) is 17.1. The number of pyridine rings is 1. The van der Waals surface area contributed by atoms with Crippen LogP contribution in [0.15, 0.2) is 73.1 Å². The first-order chi connectivity index (χ1) is 13.1. The maximum atomic E-state index is 12.1. The Morgan fingerprint density at radius 2 is 1.78 bits per heavy atom. The van der Waals surface area contributed by atoms with Gasteiger partial charge in [-0.2, -0.15) is 0 Å². The molecule has 27 heavy (non-hydrogen) atoms. The Bertz CT molecular complexity index is 1120. The van der Waals surface area contributed by atoms with E-state index in [1.54, 1.807) is 12.1 Å². The number of aryl methyl sites for hydroxylation is 1. The van der Waals surface area contributed by atoms with Gasteiger partial charge in [0.1, 0.15) is 5.65 Å². The van der Waals surface area contributed by atoms with E-state index in [2.05, 4.69) is 15.6 Å². The summed E-state index contributed by atoms with van der Waals surface area (Å²) < 4.78 is 2.01. The molecule has 4 rings (SSSR count). The minimum absolute atomic E-state index is 0.348. The van der Waals surface area contributed by atoms with E-state index in [0.717, 1.165) is 22.5 Å². The fraction of sp³-hybridized carbons (Fsp3) is 0.0476. The molecule has 2 amide bonds. The number of nitrogens with zero attached hydrogens (tertiary/aromatic N) is 2. The molecule has 0 aliphatic carbocycles. The average Bonchev–Trinajstić information content (AvgIpc) is 3.10. The number of hydrogen-bond acceptors (Lipinski definition) is 2. The predicted octanol–water partition coefficient (Wildman–Crippen LogP) is 5.61. The van der Waals surface area contributed by atoms with E-state index in [-0.39, 0.29) is 6.03 Å². The first-order valence-corrected chi connectivity index (χ1v) is 8.85. The lowest BCUT2D eigenvalue weighted by Gasteiger charge is -2.09. The number of nitrogens with one attached hydrogen (secondary N) is 2. The number of halogens is 1. The minimum atomic E-state index is -0.348. The molecule has 0 spiro atoms. The largest absolute Gasteiger partial charge is 0.323 e. The normalized spacial score (nSPS) is 10.7. The van der Waals surface area contributed by atoms with E-state index in [1.807, 2.05) is 72.2 Å². The Balaban J connectivity index is 1.49.